The van der Waals surface area contributed by atoms with Gasteiger partial charge in [-0.25, -0.2) is 4.98 Å². The van der Waals surface area contributed by atoms with Gasteiger partial charge in [-0.2, -0.15) is 5.10 Å². The van der Waals surface area contributed by atoms with E-state index in [1.807, 2.05) is 65.6 Å². The average molecular weight is 443 g/mol. The number of nitrogens with one attached hydrogen (secondary N) is 1. The Morgan fingerprint density at radius 1 is 1.03 bits per heavy atom. The number of piperidine rings is 1. The summed E-state index contributed by atoms with van der Waals surface area (Å²) in [7, 11) is 1.94. The molecule has 0 bridgehead atoms. The summed E-state index contributed by atoms with van der Waals surface area (Å²) < 4.78 is 0. The number of nitrogens with zero attached hydrogens (tertiary/aromatic N) is 5. The van der Waals surface area contributed by atoms with E-state index < -0.39 is 0 Å². The lowest BCUT2D eigenvalue weighted by Crippen LogP contribution is -2.36. The summed E-state index contributed by atoms with van der Waals surface area (Å²) in [5.74, 6) is 1.05. The molecule has 1 fully saturated rings. The molecule has 4 heterocycles. The first kappa shape index (κ1) is 21.2. The zero-order valence-electron chi connectivity index (χ0n) is 19.1. The predicted octanol–water partition coefficient (Wildman–Crippen LogP) is 4.07. The Morgan fingerprint density at radius 2 is 1.85 bits per heavy atom. The molecule has 0 saturated carbocycles. The van der Waals surface area contributed by atoms with Gasteiger partial charge in [0.1, 0.15) is 5.82 Å². The summed E-state index contributed by atoms with van der Waals surface area (Å²) in [6.07, 6.45) is 9.02. The summed E-state index contributed by atoms with van der Waals surface area (Å²) in [4.78, 5) is 25.1. The third kappa shape index (κ3) is 4.62. The van der Waals surface area contributed by atoms with E-state index >= 15 is 0 Å². The second-order valence-electron chi connectivity index (χ2n) is 8.71. The Hall–Kier alpha value is -3.61. The number of aromatic nitrogens is 2. The molecule has 1 saturated heterocycles. The molecule has 2 aliphatic rings. The molecule has 1 N–H and O–H groups in total. The van der Waals surface area contributed by atoms with E-state index in [2.05, 4.69) is 16.0 Å². The van der Waals surface area contributed by atoms with E-state index in [0.29, 0.717) is 5.56 Å². The van der Waals surface area contributed by atoms with Gasteiger partial charge in [0.2, 0.25) is 0 Å². The molecule has 1 amide bonds. The maximum Gasteiger partial charge on any atom is 0.255 e. The molecule has 0 aliphatic carbocycles. The SMILES string of the molecule is CN(/N=c1/cc(N2CCCc3cc(C(=O)N4CCCCC4)cnc32)cc[nH]1)c1ccccc1. The Labute approximate surface area is 194 Å². The molecule has 3 aromatic rings. The number of fused-ring (bicyclic) bond motifs is 1. The van der Waals surface area contributed by atoms with Crippen molar-refractivity contribution in [2.45, 2.75) is 32.1 Å². The van der Waals surface area contributed by atoms with Crippen LogP contribution in [0.15, 0.2) is 66.0 Å². The number of hydrogen-bond donors (Lipinski definition) is 1. The number of H-pyrrole nitrogens is 1. The van der Waals surface area contributed by atoms with Crippen LogP contribution in [0.1, 0.15) is 41.6 Å². The fourth-order valence-corrected chi connectivity index (χ4v) is 4.64. The molecule has 2 aromatic heterocycles. The van der Waals surface area contributed by atoms with Gasteiger partial charge in [-0.3, -0.25) is 9.80 Å². The van der Waals surface area contributed by atoms with Crippen molar-refractivity contribution in [1.29, 1.82) is 0 Å². The number of anilines is 3. The maximum atomic E-state index is 13.0. The predicted molar refractivity (Wildman–Crippen MR) is 131 cm³/mol. The monoisotopic (exact) mass is 442 g/mol. The largest absolute Gasteiger partial charge is 0.345 e. The van der Waals surface area contributed by atoms with Crippen molar-refractivity contribution < 1.29 is 4.79 Å². The van der Waals surface area contributed by atoms with Crippen molar-refractivity contribution in [3.05, 3.63) is 77.5 Å². The molecule has 0 atom stereocenters. The second kappa shape index (κ2) is 9.48. The summed E-state index contributed by atoms with van der Waals surface area (Å²) in [5.41, 5.74) is 4.67. The van der Waals surface area contributed by atoms with Gasteiger partial charge in [0.25, 0.3) is 5.91 Å². The lowest BCUT2D eigenvalue weighted by molar-refractivity contribution is 0.0724. The number of para-hydroxylation sites is 1. The lowest BCUT2D eigenvalue weighted by Gasteiger charge is -2.31. The van der Waals surface area contributed by atoms with Crippen LogP contribution in [0.3, 0.4) is 0 Å². The van der Waals surface area contributed by atoms with E-state index in [4.69, 9.17) is 10.1 Å². The molecule has 7 nitrogen and oxygen atoms in total. The van der Waals surface area contributed by atoms with Gasteiger partial charge in [-0.05, 0) is 61.9 Å². The third-order valence-electron chi connectivity index (χ3n) is 6.39. The van der Waals surface area contributed by atoms with Crippen LogP contribution < -0.4 is 15.4 Å². The smallest absolute Gasteiger partial charge is 0.255 e. The van der Waals surface area contributed by atoms with Crippen LogP contribution in [0, 0.1) is 0 Å². The maximum absolute atomic E-state index is 13.0. The van der Waals surface area contributed by atoms with Crippen LogP contribution in [0.25, 0.3) is 0 Å². The molecule has 1 aromatic carbocycles. The van der Waals surface area contributed by atoms with Crippen LogP contribution >= 0.6 is 0 Å². The number of carbonyl (C=O) groups is 1. The van der Waals surface area contributed by atoms with Crippen molar-refractivity contribution in [3.63, 3.8) is 0 Å². The van der Waals surface area contributed by atoms with E-state index in [9.17, 15) is 4.79 Å². The molecule has 2 aliphatic heterocycles. The molecule has 5 rings (SSSR count). The first-order valence-electron chi connectivity index (χ1n) is 11.8. The zero-order chi connectivity index (χ0) is 22.6. The lowest BCUT2D eigenvalue weighted by atomic mass is 10.0. The summed E-state index contributed by atoms with van der Waals surface area (Å²) >= 11 is 0. The van der Waals surface area contributed by atoms with Crippen LogP contribution in [0.2, 0.25) is 0 Å². The van der Waals surface area contributed by atoms with E-state index in [0.717, 1.165) is 73.6 Å². The Bertz CT molecular complexity index is 1180. The minimum atomic E-state index is 0.112. The van der Waals surface area contributed by atoms with Gasteiger partial charge in [0.15, 0.2) is 5.49 Å². The highest BCUT2D eigenvalue weighted by Crippen LogP contribution is 2.31. The van der Waals surface area contributed by atoms with Crippen LogP contribution in [-0.2, 0) is 6.42 Å². The van der Waals surface area contributed by atoms with Gasteiger partial charge in [-0.1, -0.05) is 18.2 Å². The fraction of sp³-hybridized carbons (Fsp3) is 0.346. The molecule has 33 heavy (non-hydrogen) atoms. The molecule has 0 radical (unpaired) electrons. The Kier molecular flexibility index (Phi) is 6.11. The highest BCUT2D eigenvalue weighted by molar-refractivity contribution is 5.94. The minimum absolute atomic E-state index is 0.112. The molecule has 0 unspecified atom stereocenters. The quantitative estimate of drug-likeness (QED) is 0.619. The van der Waals surface area contributed by atoms with E-state index in [1.54, 1.807) is 6.20 Å². The number of rotatable bonds is 4. The van der Waals surface area contributed by atoms with Gasteiger partial charge in [0, 0.05) is 50.8 Å². The number of benzene rings is 1. The topological polar surface area (TPSA) is 67.8 Å². The highest BCUT2D eigenvalue weighted by atomic mass is 16.2. The van der Waals surface area contributed by atoms with Gasteiger partial charge >= 0.3 is 0 Å². The molecule has 0 spiro atoms. The number of carbonyl (C=O) groups excluding carboxylic acids is 1. The van der Waals surface area contributed by atoms with Gasteiger partial charge in [0.05, 0.1) is 11.3 Å². The number of hydrogen-bond acceptors (Lipinski definition) is 5. The van der Waals surface area contributed by atoms with Crippen LogP contribution in [0.4, 0.5) is 17.2 Å². The standard InChI is InChI=1S/C26H30N6O/c1-30(22-10-4-2-5-11-22)29-24-18-23(12-13-27-24)32-16-8-9-20-17-21(19-28-25(20)32)26(33)31-14-6-3-7-15-31/h2,4-5,10-13,17-19H,3,6-9,14-16H2,1H3,(H,27,29). The Morgan fingerprint density at radius 3 is 2.67 bits per heavy atom. The first-order valence-corrected chi connectivity index (χ1v) is 11.8. The normalized spacial score (nSPS) is 16.5. The minimum Gasteiger partial charge on any atom is -0.345 e. The molecule has 170 valence electrons. The molecule has 7 heteroatoms. The highest BCUT2D eigenvalue weighted by Gasteiger charge is 2.24. The number of likely N-dealkylation sites (tertiary alicyclic amines) is 1. The van der Waals surface area contributed by atoms with Crippen molar-refractivity contribution in [3.8, 4) is 0 Å². The van der Waals surface area contributed by atoms with Crippen LogP contribution in [0.5, 0.6) is 0 Å². The fourth-order valence-electron chi connectivity index (χ4n) is 4.64. The Balaban J connectivity index is 1.41. The van der Waals surface area contributed by atoms with Crippen molar-refractivity contribution in [2.75, 3.05) is 36.6 Å². The van der Waals surface area contributed by atoms with Crippen molar-refractivity contribution in [2.24, 2.45) is 5.10 Å². The van der Waals surface area contributed by atoms with Crippen molar-refractivity contribution in [1.82, 2.24) is 14.9 Å². The van der Waals surface area contributed by atoms with Gasteiger partial charge in [-0.15, -0.1) is 0 Å². The summed E-state index contributed by atoms with van der Waals surface area (Å²) in [6, 6.07) is 16.2. The van der Waals surface area contributed by atoms with Gasteiger partial charge < -0.3 is 14.8 Å². The summed E-state index contributed by atoms with van der Waals surface area (Å²) in [6.45, 7) is 2.59. The average Bonchev–Trinajstić information content (AvgIpc) is 2.88. The first-order chi connectivity index (χ1) is 16.2. The zero-order valence-corrected chi connectivity index (χ0v) is 19.1. The van der Waals surface area contributed by atoms with Crippen LogP contribution in [-0.4, -0.2) is 47.5 Å². The number of pyridine rings is 2. The number of amides is 1. The second-order valence-corrected chi connectivity index (χ2v) is 8.71. The molecular formula is C26H30N6O. The summed E-state index contributed by atoms with van der Waals surface area (Å²) in [5, 5.41) is 6.57. The van der Waals surface area contributed by atoms with Crippen molar-refractivity contribution >= 4 is 23.1 Å². The molecular weight excluding hydrogens is 412 g/mol. The number of aryl methyl sites for hydroxylation is 1. The number of aromatic amines is 1. The van der Waals surface area contributed by atoms with E-state index in [-0.39, 0.29) is 5.91 Å². The third-order valence-corrected chi connectivity index (χ3v) is 6.39. The van der Waals surface area contributed by atoms with E-state index in [1.165, 1.54) is 6.42 Å².